The average Bonchev–Trinajstić information content (AvgIpc) is 3.54. The number of nitrogen functional groups attached to an aromatic ring is 1. The monoisotopic (exact) mass is 528 g/mol. The van der Waals surface area contributed by atoms with Gasteiger partial charge < -0.3 is 20.9 Å². The van der Waals surface area contributed by atoms with Gasteiger partial charge in [-0.05, 0) is 45.1 Å². The summed E-state index contributed by atoms with van der Waals surface area (Å²) in [5.74, 6) is 0.185. The summed E-state index contributed by atoms with van der Waals surface area (Å²) in [6, 6.07) is 8.99. The van der Waals surface area contributed by atoms with Crippen molar-refractivity contribution < 1.29 is 14.0 Å². The molecule has 10 nitrogen and oxygen atoms in total. The molecule has 1 unspecified atom stereocenters. The number of hydrogen-bond donors (Lipinski definition) is 2. The van der Waals surface area contributed by atoms with Crippen molar-refractivity contribution in [1.82, 2.24) is 29.2 Å². The summed E-state index contributed by atoms with van der Waals surface area (Å²) < 4.78 is 15.3. The van der Waals surface area contributed by atoms with Gasteiger partial charge in [-0.1, -0.05) is 18.2 Å². The van der Waals surface area contributed by atoms with E-state index >= 15 is 0 Å². The van der Waals surface area contributed by atoms with Gasteiger partial charge in [-0.3, -0.25) is 14.0 Å². The van der Waals surface area contributed by atoms with Gasteiger partial charge in [0, 0.05) is 54.9 Å². The lowest BCUT2D eigenvalue weighted by atomic mass is 10.1. The van der Waals surface area contributed by atoms with Crippen LogP contribution in [-0.2, 0) is 4.79 Å². The fourth-order valence-corrected chi connectivity index (χ4v) is 4.72. The molecule has 1 aliphatic heterocycles. The number of carbonyl (C=O) groups excluding carboxylic acids is 2. The number of nitrogens with zero attached hydrogens (tertiary/aromatic N) is 6. The van der Waals surface area contributed by atoms with Crippen molar-refractivity contribution in [1.29, 1.82) is 0 Å². The molecule has 1 atom stereocenters. The molecular formula is C28H29FN8O2. The zero-order valence-electron chi connectivity index (χ0n) is 21.7. The predicted octanol–water partition coefficient (Wildman–Crippen LogP) is 3.55. The van der Waals surface area contributed by atoms with Crippen LogP contribution >= 0.6 is 0 Å². The molecule has 1 aliphatic rings. The highest BCUT2D eigenvalue weighted by molar-refractivity contribution is 6.04. The number of amides is 2. The molecule has 4 heterocycles. The summed E-state index contributed by atoms with van der Waals surface area (Å²) in [5, 5.41) is 2.59. The van der Waals surface area contributed by atoms with Crippen LogP contribution in [0, 0.1) is 5.82 Å². The zero-order valence-corrected chi connectivity index (χ0v) is 21.7. The Labute approximate surface area is 225 Å². The van der Waals surface area contributed by atoms with E-state index in [9.17, 15) is 14.0 Å². The number of likely N-dealkylation sites (tertiary alicyclic amines) is 1. The number of imidazole rings is 1. The minimum Gasteiger partial charge on any atom is -0.382 e. The first-order chi connectivity index (χ1) is 18.8. The third kappa shape index (κ3) is 5.48. The third-order valence-electron chi connectivity index (χ3n) is 6.56. The standard InChI is InChI=1S/C28H29FN8O2/c1-35(2)14-4-6-23(38)36-15-3-5-21(36)27-34-24(25-26(30)32-13-16-37(25)27)18-7-9-19(10-8-18)28(39)33-22-17-20(29)11-12-31-22/h4,6-13,16-17,21H,3,5,14-15H2,1-2H3,(H2,30,32)(H,31,33,39). The number of benzene rings is 1. The highest BCUT2D eigenvalue weighted by Gasteiger charge is 2.33. The Morgan fingerprint density at radius 2 is 1.97 bits per heavy atom. The second-order valence-corrected chi connectivity index (χ2v) is 9.59. The topological polar surface area (TPSA) is 122 Å². The summed E-state index contributed by atoms with van der Waals surface area (Å²) in [7, 11) is 3.90. The molecule has 0 saturated carbocycles. The van der Waals surface area contributed by atoms with Crippen LogP contribution in [-0.4, -0.2) is 68.2 Å². The molecule has 1 fully saturated rings. The molecule has 0 aliphatic carbocycles. The SMILES string of the molecule is CN(C)CC=CC(=O)N1CCCC1c1nc(-c2ccc(C(=O)Nc3cc(F)ccn3)cc2)c2c(N)nccn12. The van der Waals surface area contributed by atoms with E-state index in [0.717, 1.165) is 24.5 Å². The van der Waals surface area contributed by atoms with E-state index in [2.05, 4.69) is 15.3 Å². The average molecular weight is 529 g/mol. The Balaban J connectivity index is 1.45. The number of likely N-dealkylation sites (N-methyl/N-ethyl adjacent to an activating group) is 1. The Hall–Kier alpha value is -4.64. The Morgan fingerprint density at radius 1 is 1.18 bits per heavy atom. The lowest BCUT2D eigenvalue weighted by Gasteiger charge is -2.22. The highest BCUT2D eigenvalue weighted by Crippen LogP contribution is 2.36. The van der Waals surface area contributed by atoms with Gasteiger partial charge in [-0.2, -0.15) is 0 Å². The first-order valence-corrected chi connectivity index (χ1v) is 12.6. The molecular weight excluding hydrogens is 499 g/mol. The third-order valence-corrected chi connectivity index (χ3v) is 6.56. The fourth-order valence-electron chi connectivity index (χ4n) is 4.72. The van der Waals surface area contributed by atoms with Crippen LogP contribution in [0.1, 0.15) is 35.1 Å². The normalized spacial score (nSPS) is 15.5. The lowest BCUT2D eigenvalue weighted by Crippen LogP contribution is -2.30. The smallest absolute Gasteiger partial charge is 0.256 e. The summed E-state index contributed by atoms with van der Waals surface area (Å²) in [6.45, 7) is 1.32. The summed E-state index contributed by atoms with van der Waals surface area (Å²) in [5.41, 5.74) is 8.65. The van der Waals surface area contributed by atoms with Gasteiger partial charge in [0.15, 0.2) is 0 Å². The van der Waals surface area contributed by atoms with E-state index < -0.39 is 11.7 Å². The van der Waals surface area contributed by atoms with Crippen LogP contribution in [0.25, 0.3) is 16.8 Å². The minimum atomic E-state index is -0.489. The highest BCUT2D eigenvalue weighted by atomic mass is 19.1. The maximum Gasteiger partial charge on any atom is 0.256 e. The minimum absolute atomic E-state index is 0.0529. The number of fused-ring (bicyclic) bond motifs is 1. The maximum atomic E-state index is 13.4. The molecule has 1 saturated heterocycles. The number of pyridine rings is 1. The number of aromatic nitrogens is 4. The van der Waals surface area contributed by atoms with Gasteiger partial charge >= 0.3 is 0 Å². The molecule has 0 spiro atoms. The van der Waals surface area contributed by atoms with Crippen molar-refractivity contribution >= 4 is 29.0 Å². The van der Waals surface area contributed by atoms with Crippen molar-refractivity contribution in [3.63, 3.8) is 0 Å². The molecule has 4 aromatic rings. The molecule has 2 amide bonds. The van der Waals surface area contributed by atoms with E-state index in [-0.39, 0.29) is 17.8 Å². The molecule has 5 rings (SSSR count). The Morgan fingerprint density at radius 3 is 2.72 bits per heavy atom. The van der Waals surface area contributed by atoms with Gasteiger partial charge in [0.2, 0.25) is 5.91 Å². The number of anilines is 2. The van der Waals surface area contributed by atoms with Gasteiger partial charge in [-0.15, -0.1) is 0 Å². The van der Waals surface area contributed by atoms with E-state index in [1.54, 1.807) is 42.7 Å². The van der Waals surface area contributed by atoms with Crippen LogP contribution in [0.4, 0.5) is 16.0 Å². The van der Waals surface area contributed by atoms with Crippen LogP contribution < -0.4 is 11.1 Å². The quantitative estimate of drug-likeness (QED) is 0.352. The number of rotatable bonds is 7. The lowest BCUT2D eigenvalue weighted by molar-refractivity contribution is -0.127. The number of nitrogens with one attached hydrogen (secondary N) is 1. The van der Waals surface area contributed by atoms with Crippen molar-refractivity contribution in [2.45, 2.75) is 18.9 Å². The largest absolute Gasteiger partial charge is 0.382 e. The van der Waals surface area contributed by atoms with Gasteiger partial charge in [0.25, 0.3) is 5.91 Å². The van der Waals surface area contributed by atoms with Crippen molar-refractivity contribution in [2.24, 2.45) is 0 Å². The number of carbonyl (C=O) groups is 2. The number of halogens is 1. The van der Waals surface area contributed by atoms with Crippen LogP contribution in [0.5, 0.6) is 0 Å². The van der Waals surface area contributed by atoms with Gasteiger partial charge in [0.05, 0.1) is 6.04 Å². The zero-order chi connectivity index (χ0) is 27.5. The fraction of sp³-hybridized carbons (Fsp3) is 0.250. The maximum absolute atomic E-state index is 13.4. The predicted molar refractivity (Wildman–Crippen MR) is 146 cm³/mol. The molecule has 39 heavy (non-hydrogen) atoms. The molecule has 11 heteroatoms. The number of nitrogens with two attached hydrogens (primary N) is 1. The van der Waals surface area contributed by atoms with Crippen molar-refractivity contribution in [3.8, 4) is 11.3 Å². The van der Waals surface area contributed by atoms with E-state index in [0.29, 0.717) is 41.5 Å². The van der Waals surface area contributed by atoms with E-state index in [1.165, 1.54) is 12.3 Å². The molecule has 3 aromatic heterocycles. The van der Waals surface area contributed by atoms with E-state index in [1.807, 2.05) is 34.4 Å². The molecule has 3 N–H and O–H groups in total. The summed E-state index contributed by atoms with van der Waals surface area (Å²) >= 11 is 0. The van der Waals surface area contributed by atoms with Crippen LogP contribution in [0.15, 0.2) is 67.1 Å². The number of hydrogen-bond acceptors (Lipinski definition) is 7. The van der Waals surface area contributed by atoms with Crippen LogP contribution in [0.3, 0.4) is 0 Å². The second-order valence-electron chi connectivity index (χ2n) is 9.59. The van der Waals surface area contributed by atoms with Gasteiger partial charge in [-0.25, -0.2) is 19.3 Å². The molecule has 0 radical (unpaired) electrons. The summed E-state index contributed by atoms with van der Waals surface area (Å²) in [4.78, 5) is 42.7. The first kappa shape index (κ1) is 26.0. The van der Waals surface area contributed by atoms with Crippen molar-refractivity contribution in [2.75, 3.05) is 38.2 Å². The summed E-state index contributed by atoms with van der Waals surface area (Å²) in [6.07, 6.45) is 9.82. The molecule has 1 aromatic carbocycles. The van der Waals surface area contributed by atoms with Crippen molar-refractivity contribution in [3.05, 3.63) is 84.3 Å². The first-order valence-electron chi connectivity index (χ1n) is 12.6. The Kier molecular flexibility index (Phi) is 7.33. The van der Waals surface area contributed by atoms with E-state index in [4.69, 9.17) is 10.7 Å². The Bertz CT molecular complexity index is 1550. The second kappa shape index (κ2) is 11.0. The van der Waals surface area contributed by atoms with Crippen LogP contribution in [0.2, 0.25) is 0 Å². The molecule has 200 valence electrons. The van der Waals surface area contributed by atoms with Gasteiger partial charge in [0.1, 0.15) is 34.5 Å². The molecule has 0 bridgehead atoms.